The Bertz CT molecular complexity index is 1300. The number of fused-ring (bicyclic) bond motifs is 1. The molecule has 0 atom stereocenters. The van der Waals surface area contributed by atoms with Gasteiger partial charge in [-0.15, -0.1) is 0 Å². The van der Waals surface area contributed by atoms with Crippen LogP contribution >= 0.6 is 23.2 Å². The Kier molecular flexibility index (Phi) is 6.21. The van der Waals surface area contributed by atoms with Crippen molar-refractivity contribution in [2.75, 3.05) is 12.0 Å². The molecule has 0 N–H and O–H groups in total. The first kappa shape index (κ1) is 21.9. The lowest BCUT2D eigenvalue weighted by Gasteiger charge is -2.21. The van der Waals surface area contributed by atoms with Gasteiger partial charge in [0.1, 0.15) is 5.75 Å². The number of hydrogen-bond acceptors (Lipinski definition) is 3. The molecule has 0 radical (unpaired) electrons. The van der Waals surface area contributed by atoms with Crippen LogP contribution in [0.2, 0.25) is 10.0 Å². The molecular weight excluding hydrogens is 447 g/mol. The molecule has 1 amide bonds. The number of amides is 1. The van der Waals surface area contributed by atoms with Crippen molar-refractivity contribution in [1.82, 2.24) is 4.57 Å². The van der Waals surface area contributed by atoms with Crippen LogP contribution in [0.4, 0.5) is 11.4 Å². The van der Waals surface area contributed by atoms with Gasteiger partial charge in [-0.3, -0.25) is 14.5 Å². The molecule has 0 saturated heterocycles. The molecule has 3 aromatic carbocycles. The van der Waals surface area contributed by atoms with Crippen LogP contribution in [0.5, 0.6) is 5.75 Å². The number of halogens is 2. The van der Waals surface area contributed by atoms with Gasteiger partial charge in [0.2, 0.25) is 6.29 Å². The van der Waals surface area contributed by atoms with Gasteiger partial charge in [-0.2, -0.15) is 0 Å². The average molecular weight is 467 g/mol. The maximum atomic E-state index is 12.8. The highest BCUT2D eigenvalue weighted by Gasteiger charge is 2.26. The lowest BCUT2D eigenvalue weighted by Crippen LogP contribution is -2.27. The summed E-state index contributed by atoms with van der Waals surface area (Å²) in [7, 11) is 1.59. The molecule has 0 unspecified atom stereocenters. The van der Waals surface area contributed by atoms with E-state index in [-0.39, 0.29) is 0 Å². The number of anilines is 2. The van der Waals surface area contributed by atoms with E-state index in [2.05, 4.69) is 4.57 Å². The van der Waals surface area contributed by atoms with Crippen molar-refractivity contribution in [2.24, 2.45) is 0 Å². The Hall–Kier alpha value is -3.28. The van der Waals surface area contributed by atoms with Gasteiger partial charge >= 0.3 is 0 Å². The summed E-state index contributed by atoms with van der Waals surface area (Å²) in [6, 6.07) is 20.1. The fourth-order valence-corrected chi connectivity index (χ4v) is 4.09. The van der Waals surface area contributed by atoms with E-state index in [1.165, 1.54) is 4.90 Å². The second kappa shape index (κ2) is 9.07. The smallest absolute Gasteiger partial charge is 0.295 e. The molecule has 4 rings (SSSR count). The summed E-state index contributed by atoms with van der Waals surface area (Å²) in [4.78, 5) is 25.8. The van der Waals surface area contributed by atoms with E-state index in [4.69, 9.17) is 27.9 Å². The van der Waals surface area contributed by atoms with Crippen molar-refractivity contribution in [1.29, 1.82) is 0 Å². The van der Waals surface area contributed by atoms with E-state index in [9.17, 15) is 9.59 Å². The second-order valence-corrected chi connectivity index (χ2v) is 8.17. The number of aldehydes is 1. The van der Waals surface area contributed by atoms with Crippen molar-refractivity contribution >= 4 is 57.7 Å². The van der Waals surface area contributed by atoms with E-state index in [1.54, 1.807) is 31.4 Å². The molecule has 0 aliphatic rings. The van der Waals surface area contributed by atoms with Crippen molar-refractivity contribution in [2.45, 2.75) is 13.5 Å². The van der Waals surface area contributed by atoms with Crippen LogP contribution in [0.3, 0.4) is 0 Å². The van der Waals surface area contributed by atoms with Gasteiger partial charge in [-0.1, -0.05) is 35.3 Å². The fourth-order valence-electron chi connectivity index (χ4n) is 3.84. The van der Waals surface area contributed by atoms with Crippen LogP contribution in [0.15, 0.2) is 66.7 Å². The summed E-state index contributed by atoms with van der Waals surface area (Å²) < 4.78 is 7.54. The number of rotatable bonds is 6. The number of ether oxygens (including phenoxy) is 1. The molecule has 0 aliphatic carbocycles. The standard InChI is InChI=1S/C25H20Cl2N2O3/c1-16-25(29(24(31)15-30)20-9-7-19(27)8-10-20)22-13-21(32-2)11-12-23(22)28(16)14-17-3-5-18(26)6-4-17/h3-13,15H,14H2,1-2H3. The zero-order chi connectivity index (χ0) is 22.8. The molecule has 0 saturated carbocycles. The van der Waals surface area contributed by atoms with Crippen molar-refractivity contribution < 1.29 is 14.3 Å². The Balaban J connectivity index is 1.96. The quantitative estimate of drug-likeness (QED) is 0.252. The molecule has 0 aliphatic heterocycles. The first-order valence-corrected chi connectivity index (χ1v) is 10.6. The van der Waals surface area contributed by atoms with Crippen LogP contribution in [-0.4, -0.2) is 23.9 Å². The Labute approximate surface area is 195 Å². The minimum atomic E-state index is -0.677. The van der Waals surface area contributed by atoms with Crippen LogP contribution in [0, 0.1) is 6.92 Å². The van der Waals surface area contributed by atoms with E-state index in [0.29, 0.717) is 40.0 Å². The Morgan fingerprint density at radius 2 is 1.62 bits per heavy atom. The normalized spacial score (nSPS) is 10.9. The van der Waals surface area contributed by atoms with Gasteiger partial charge in [-0.25, -0.2) is 0 Å². The Morgan fingerprint density at radius 3 is 2.22 bits per heavy atom. The number of benzene rings is 3. The third-order valence-corrected chi connectivity index (χ3v) is 5.88. The van der Waals surface area contributed by atoms with E-state index >= 15 is 0 Å². The fraction of sp³-hybridized carbons (Fsp3) is 0.120. The molecule has 0 spiro atoms. The maximum absolute atomic E-state index is 12.8. The number of methoxy groups -OCH3 is 1. The molecule has 32 heavy (non-hydrogen) atoms. The highest BCUT2D eigenvalue weighted by molar-refractivity contribution is 6.34. The van der Waals surface area contributed by atoms with Gasteiger partial charge in [0.15, 0.2) is 0 Å². The number of carbonyl (C=O) groups excluding carboxylic acids is 2. The summed E-state index contributed by atoms with van der Waals surface area (Å²) in [6.45, 7) is 2.49. The topological polar surface area (TPSA) is 51.5 Å². The van der Waals surface area contributed by atoms with Crippen molar-refractivity contribution in [3.63, 3.8) is 0 Å². The van der Waals surface area contributed by atoms with Gasteiger partial charge in [0.05, 0.1) is 18.3 Å². The first-order valence-electron chi connectivity index (χ1n) is 9.89. The molecule has 0 bridgehead atoms. The zero-order valence-electron chi connectivity index (χ0n) is 17.5. The van der Waals surface area contributed by atoms with E-state index in [1.807, 2.05) is 49.4 Å². The largest absolute Gasteiger partial charge is 0.497 e. The predicted molar refractivity (Wildman–Crippen MR) is 128 cm³/mol. The van der Waals surface area contributed by atoms with Crippen LogP contribution in [0.25, 0.3) is 10.9 Å². The summed E-state index contributed by atoms with van der Waals surface area (Å²) in [5.41, 5.74) is 3.95. The van der Waals surface area contributed by atoms with Crippen LogP contribution < -0.4 is 9.64 Å². The summed E-state index contributed by atoms with van der Waals surface area (Å²) in [5, 5.41) is 2.00. The lowest BCUT2D eigenvalue weighted by atomic mass is 10.1. The van der Waals surface area contributed by atoms with Gasteiger partial charge in [0, 0.05) is 33.4 Å². The third-order valence-electron chi connectivity index (χ3n) is 5.38. The van der Waals surface area contributed by atoms with Crippen molar-refractivity contribution in [3.05, 3.63) is 88.0 Å². The number of aromatic nitrogens is 1. The van der Waals surface area contributed by atoms with Gasteiger partial charge in [-0.05, 0) is 67.1 Å². The first-order chi connectivity index (χ1) is 15.4. The number of hydrogen-bond donors (Lipinski definition) is 0. The molecule has 0 fully saturated rings. The minimum absolute atomic E-state index is 0.316. The maximum Gasteiger partial charge on any atom is 0.295 e. The highest BCUT2D eigenvalue weighted by atomic mass is 35.5. The van der Waals surface area contributed by atoms with E-state index in [0.717, 1.165) is 22.2 Å². The van der Waals surface area contributed by atoms with E-state index < -0.39 is 5.91 Å². The monoisotopic (exact) mass is 466 g/mol. The van der Waals surface area contributed by atoms with Gasteiger partial charge in [0.25, 0.3) is 5.91 Å². The zero-order valence-corrected chi connectivity index (χ0v) is 19.0. The molecule has 7 heteroatoms. The SMILES string of the molecule is COc1ccc2c(c1)c(N(C(=O)C=O)c1ccc(Cl)cc1)c(C)n2Cc1ccc(Cl)cc1. The molecular formula is C25H20Cl2N2O3. The Morgan fingerprint density at radius 1 is 1.00 bits per heavy atom. The molecule has 4 aromatic rings. The molecule has 1 aromatic heterocycles. The van der Waals surface area contributed by atoms with Crippen molar-refractivity contribution in [3.8, 4) is 5.75 Å². The number of nitrogens with zero attached hydrogens (tertiary/aromatic N) is 2. The predicted octanol–water partition coefficient (Wildman–Crippen LogP) is 6.18. The molecule has 162 valence electrons. The minimum Gasteiger partial charge on any atom is -0.497 e. The second-order valence-electron chi connectivity index (χ2n) is 7.30. The molecule has 5 nitrogen and oxygen atoms in total. The summed E-state index contributed by atoms with van der Waals surface area (Å²) in [5.74, 6) is -0.0270. The van der Waals surface area contributed by atoms with Gasteiger partial charge < -0.3 is 9.30 Å². The average Bonchev–Trinajstić information content (AvgIpc) is 3.07. The highest BCUT2D eigenvalue weighted by Crippen LogP contribution is 2.40. The summed E-state index contributed by atoms with van der Waals surface area (Å²) >= 11 is 12.1. The van der Waals surface area contributed by atoms with Crippen LogP contribution in [-0.2, 0) is 16.1 Å². The lowest BCUT2D eigenvalue weighted by molar-refractivity contribution is -0.129. The summed E-state index contributed by atoms with van der Waals surface area (Å²) in [6.07, 6.45) is 0.316. The molecule has 1 heterocycles. The number of carbonyl (C=O) groups is 2. The third kappa shape index (κ3) is 4.09. The van der Waals surface area contributed by atoms with Crippen LogP contribution in [0.1, 0.15) is 11.3 Å².